The van der Waals surface area contributed by atoms with Gasteiger partial charge in [-0.3, -0.25) is 0 Å². The molecule has 2 aromatic rings. The zero-order chi connectivity index (χ0) is 11.4. The van der Waals surface area contributed by atoms with Crippen LogP contribution in [0.4, 0.5) is 0 Å². The Hall–Kier alpha value is -1.65. The normalized spacial score (nSPS) is 12.9. The van der Waals surface area contributed by atoms with E-state index in [-0.39, 0.29) is 0 Å². The Morgan fingerprint density at radius 1 is 1.31 bits per heavy atom. The first-order valence-corrected chi connectivity index (χ1v) is 5.57. The maximum atomic E-state index is 5.46. The molecule has 0 bridgehead atoms. The molecule has 5 heteroatoms. The van der Waals surface area contributed by atoms with E-state index in [9.17, 15) is 0 Å². The predicted octanol–water partition coefficient (Wildman–Crippen LogP) is 3.02. The molecular weight excluding hydrogens is 206 g/mol. The second kappa shape index (κ2) is 4.92. The summed E-state index contributed by atoms with van der Waals surface area (Å²) in [6.07, 6.45) is 6.09. The van der Waals surface area contributed by atoms with Gasteiger partial charge >= 0.3 is 0 Å². The Balaban J connectivity index is 2.18. The Labute approximate surface area is 93.9 Å². The van der Waals surface area contributed by atoms with Gasteiger partial charge in [0.1, 0.15) is 6.26 Å². The minimum atomic E-state index is 0.377. The van der Waals surface area contributed by atoms with E-state index in [2.05, 4.69) is 29.0 Å². The van der Waals surface area contributed by atoms with Gasteiger partial charge < -0.3 is 8.83 Å². The van der Waals surface area contributed by atoms with Gasteiger partial charge in [-0.25, -0.2) is 4.98 Å². The van der Waals surface area contributed by atoms with Crippen LogP contribution in [-0.2, 0) is 0 Å². The molecule has 0 aromatic carbocycles. The summed E-state index contributed by atoms with van der Waals surface area (Å²) in [6, 6.07) is 0. The van der Waals surface area contributed by atoms with Crippen LogP contribution < -0.4 is 0 Å². The fourth-order valence-corrected chi connectivity index (χ4v) is 1.71. The molecule has 2 heterocycles. The van der Waals surface area contributed by atoms with Crippen molar-refractivity contribution in [3.8, 4) is 11.6 Å². The summed E-state index contributed by atoms with van der Waals surface area (Å²) in [6.45, 7) is 4.29. The molecule has 1 unspecified atom stereocenters. The van der Waals surface area contributed by atoms with Gasteiger partial charge in [-0.1, -0.05) is 20.3 Å². The number of nitrogens with zero attached hydrogens (tertiary/aromatic N) is 3. The quantitative estimate of drug-likeness (QED) is 0.776. The van der Waals surface area contributed by atoms with Gasteiger partial charge in [0.25, 0.3) is 5.89 Å². The fourth-order valence-electron chi connectivity index (χ4n) is 1.71. The molecule has 0 fully saturated rings. The third-order valence-electron chi connectivity index (χ3n) is 2.58. The second-order valence-electron chi connectivity index (χ2n) is 3.71. The van der Waals surface area contributed by atoms with Crippen LogP contribution in [-0.4, -0.2) is 15.2 Å². The van der Waals surface area contributed by atoms with Crippen LogP contribution in [0.25, 0.3) is 11.6 Å². The zero-order valence-corrected chi connectivity index (χ0v) is 9.51. The van der Waals surface area contributed by atoms with Crippen LogP contribution in [0.2, 0.25) is 0 Å². The van der Waals surface area contributed by atoms with Crippen molar-refractivity contribution in [2.45, 2.75) is 39.0 Å². The van der Waals surface area contributed by atoms with Crippen molar-refractivity contribution in [3.63, 3.8) is 0 Å². The molecule has 0 saturated heterocycles. The molecule has 0 N–H and O–H groups in total. The van der Waals surface area contributed by atoms with E-state index in [1.165, 1.54) is 6.39 Å². The Morgan fingerprint density at radius 2 is 2.19 bits per heavy atom. The molecule has 0 amide bonds. The Kier molecular flexibility index (Phi) is 3.34. The van der Waals surface area contributed by atoms with Crippen molar-refractivity contribution in [2.75, 3.05) is 0 Å². The van der Waals surface area contributed by atoms with Gasteiger partial charge in [0.15, 0.2) is 11.6 Å². The van der Waals surface area contributed by atoms with Crippen LogP contribution in [0, 0.1) is 0 Å². The summed E-state index contributed by atoms with van der Waals surface area (Å²) >= 11 is 0. The number of oxazole rings is 1. The smallest absolute Gasteiger partial charge is 0.269 e. The number of aromatic nitrogens is 3. The van der Waals surface area contributed by atoms with E-state index in [4.69, 9.17) is 8.83 Å². The van der Waals surface area contributed by atoms with Gasteiger partial charge in [0.2, 0.25) is 6.39 Å². The van der Waals surface area contributed by atoms with Gasteiger partial charge in [-0.15, -0.1) is 10.2 Å². The van der Waals surface area contributed by atoms with Gasteiger partial charge in [-0.2, -0.15) is 0 Å². The zero-order valence-electron chi connectivity index (χ0n) is 9.51. The van der Waals surface area contributed by atoms with E-state index in [0.717, 1.165) is 25.2 Å². The topological polar surface area (TPSA) is 65.0 Å². The molecular formula is C11H15N3O2. The van der Waals surface area contributed by atoms with Crippen LogP contribution in [0.5, 0.6) is 0 Å². The highest BCUT2D eigenvalue weighted by Gasteiger charge is 2.17. The van der Waals surface area contributed by atoms with Crippen LogP contribution in [0.3, 0.4) is 0 Å². The molecule has 0 aliphatic carbocycles. The first kappa shape index (κ1) is 10.9. The van der Waals surface area contributed by atoms with Crippen LogP contribution in [0.1, 0.15) is 44.9 Å². The minimum absolute atomic E-state index is 0.377. The summed E-state index contributed by atoms with van der Waals surface area (Å²) in [5.41, 5.74) is 0.613. The van der Waals surface area contributed by atoms with Crippen LogP contribution >= 0.6 is 0 Å². The summed E-state index contributed by atoms with van der Waals surface area (Å²) in [7, 11) is 0. The highest BCUT2D eigenvalue weighted by molar-refractivity contribution is 5.43. The Bertz CT molecular complexity index is 422. The van der Waals surface area contributed by atoms with E-state index in [1.54, 1.807) is 6.26 Å². The molecule has 2 rings (SSSR count). The van der Waals surface area contributed by atoms with E-state index < -0.39 is 0 Å². The fraction of sp³-hybridized carbons (Fsp3) is 0.545. The van der Waals surface area contributed by atoms with Gasteiger partial charge in [0, 0.05) is 5.92 Å². The van der Waals surface area contributed by atoms with E-state index >= 15 is 0 Å². The molecule has 5 nitrogen and oxygen atoms in total. The molecule has 16 heavy (non-hydrogen) atoms. The van der Waals surface area contributed by atoms with Crippen molar-refractivity contribution >= 4 is 0 Å². The molecule has 86 valence electrons. The third-order valence-corrected chi connectivity index (χ3v) is 2.58. The van der Waals surface area contributed by atoms with E-state index in [1.807, 2.05) is 0 Å². The van der Waals surface area contributed by atoms with Crippen molar-refractivity contribution in [1.29, 1.82) is 0 Å². The van der Waals surface area contributed by atoms with Gasteiger partial charge in [-0.05, 0) is 12.8 Å². The van der Waals surface area contributed by atoms with Crippen molar-refractivity contribution < 1.29 is 8.83 Å². The predicted molar refractivity (Wildman–Crippen MR) is 57.7 cm³/mol. The molecule has 1 atom stereocenters. The first-order chi connectivity index (χ1) is 7.85. The molecule has 0 aliphatic heterocycles. The molecule has 0 saturated carbocycles. The lowest BCUT2D eigenvalue weighted by atomic mass is 10.0. The maximum Gasteiger partial charge on any atom is 0.269 e. The van der Waals surface area contributed by atoms with Crippen molar-refractivity contribution in [3.05, 3.63) is 18.5 Å². The summed E-state index contributed by atoms with van der Waals surface area (Å²) in [5, 5.41) is 7.40. The monoisotopic (exact) mass is 221 g/mol. The van der Waals surface area contributed by atoms with E-state index in [0.29, 0.717) is 17.5 Å². The number of hydrogen-bond donors (Lipinski definition) is 0. The highest BCUT2D eigenvalue weighted by Crippen LogP contribution is 2.26. The summed E-state index contributed by atoms with van der Waals surface area (Å²) in [4.78, 5) is 4.38. The SMILES string of the molecule is CCCC(CC)c1nc(-c2nnco2)co1. The lowest BCUT2D eigenvalue weighted by Gasteiger charge is -2.07. The molecule has 0 spiro atoms. The third kappa shape index (κ3) is 2.13. The van der Waals surface area contributed by atoms with Crippen LogP contribution in [0.15, 0.2) is 21.5 Å². The van der Waals surface area contributed by atoms with Crippen molar-refractivity contribution in [1.82, 2.24) is 15.2 Å². The lowest BCUT2D eigenvalue weighted by Crippen LogP contribution is -1.97. The van der Waals surface area contributed by atoms with Crippen molar-refractivity contribution in [2.24, 2.45) is 0 Å². The average molecular weight is 221 g/mol. The summed E-state index contributed by atoms with van der Waals surface area (Å²) < 4.78 is 10.5. The lowest BCUT2D eigenvalue weighted by molar-refractivity contribution is 0.421. The second-order valence-corrected chi connectivity index (χ2v) is 3.71. The standard InChI is InChI=1S/C11H15N3O2/c1-3-5-8(4-2)10-13-9(6-15-10)11-14-12-7-16-11/h6-8H,3-5H2,1-2H3. The molecule has 0 radical (unpaired) electrons. The highest BCUT2D eigenvalue weighted by atomic mass is 16.4. The minimum Gasteiger partial charge on any atom is -0.448 e. The summed E-state index contributed by atoms with van der Waals surface area (Å²) in [5.74, 6) is 1.54. The van der Waals surface area contributed by atoms with Gasteiger partial charge in [0.05, 0.1) is 0 Å². The molecule has 2 aromatic heterocycles. The molecule has 0 aliphatic rings. The number of rotatable bonds is 5. The first-order valence-electron chi connectivity index (χ1n) is 5.57. The average Bonchev–Trinajstić information content (AvgIpc) is 2.95. The largest absolute Gasteiger partial charge is 0.448 e. The maximum absolute atomic E-state index is 5.46. The Morgan fingerprint density at radius 3 is 2.81 bits per heavy atom. The number of hydrogen-bond acceptors (Lipinski definition) is 5.